The molecule has 0 fully saturated rings. The quantitative estimate of drug-likeness (QED) is 0.898. The van der Waals surface area contributed by atoms with Crippen molar-refractivity contribution < 1.29 is 0 Å². The SMILES string of the molecule is CCC(NC)c1ccc(N2CCc3ccccc32)cc1. The molecule has 1 heterocycles. The highest BCUT2D eigenvalue weighted by molar-refractivity contribution is 5.69. The summed E-state index contributed by atoms with van der Waals surface area (Å²) in [6.07, 6.45) is 2.26. The Morgan fingerprint density at radius 2 is 1.85 bits per heavy atom. The maximum Gasteiger partial charge on any atom is 0.0444 e. The van der Waals surface area contributed by atoms with E-state index in [0.29, 0.717) is 6.04 Å². The zero-order chi connectivity index (χ0) is 13.9. The van der Waals surface area contributed by atoms with Crippen LogP contribution in [0.25, 0.3) is 0 Å². The first-order valence-corrected chi connectivity index (χ1v) is 7.46. The predicted molar refractivity (Wildman–Crippen MR) is 85.7 cm³/mol. The van der Waals surface area contributed by atoms with Crippen molar-refractivity contribution >= 4 is 11.4 Å². The second-order valence-corrected chi connectivity index (χ2v) is 5.37. The summed E-state index contributed by atoms with van der Waals surface area (Å²) in [5.74, 6) is 0. The molecule has 104 valence electrons. The van der Waals surface area contributed by atoms with Gasteiger partial charge in [0.05, 0.1) is 0 Å². The lowest BCUT2D eigenvalue weighted by atomic mass is 10.0. The van der Waals surface area contributed by atoms with E-state index < -0.39 is 0 Å². The number of rotatable bonds is 4. The number of nitrogens with zero attached hydrogens (tertiary/aromatic N) is 1. The lowest BCUT2D eigenvalue weighted by Gasteiger charge is -2.21. The molecule has 1 aliphatic heterocycles. The van der Waals surface area contributed by atoms with Crippen molar-refractivity contribution in [1.29, 1.82) is 0 Å². The molecule has 0 radical (unpaired) electrons. The summed E-state index contributed by atoms with van der Waals surface area (Å²) in [6.45, 7) is 3.30. The molecular weight excluding hydrogens is 244 g/mol. The van der Waals surface area contributed by atoms with E-state index in [0.717, 1.165) is 19.4 Å². The van der Waals surface area contributed by atoms with E-state index in [1.54, 1.807) is 0 Å². The van der Waals surface area contributed by atoms with Gasteiger partial charge in [0.1, 0.15) is 0 Å². The average Bonchev–Trinajstić information content (AvgIpc) is 2.93. The molecule has 2 heteroatoms. The maximum absolute atomic E-state index is 3.36. The maximum atomic E-state index is 3.36. The van der Waals surface area contributed by atoms with Gasteiger partial charge in [-0.15, -0.1) is 0 Å². The number of anilines is 2. The Bertz CT molecular complexity index is 570. The summed E-state index contributed by atoms with van der Waals surface area (Å²) in [5, 5.41) is 3.36. The molecule has 20 heavy (non-hydrogen) atoms. The minimum Gasteiger partial charge on any atom is -0.341 e. The van der Waals surface area contributed by atoms with Crippen LogP contribution >= 0.6 is 0 Å². The van der Waals surface area contributed by atoms with Gasteiger partial charge in [-0.2, -0.15) is 0 Å². The van der Waals surface area contributed by atoms with Gasteiger partial charge < -0.3 is 10.2 Å². The van der Waals surface area contributed by atoms with Crippen LogP contribution in [0, 0.1) is 0 Å². The minimum absolute atomic E-state index is 0.454. The van der Waals surface area contributed by atoms with Gasteiger partial charge in [-0.05, 0) is 49.2 Å². The van der Waals surface area contributed by atoms with E-state index in [-0.39, 0.29) is 0 Å². The van der Waals surface area contributed by atoms with Gasteiger partial charge in [0.25, 0.3) is 0 Å². The number of hydrogen-bond acceptors (Lipinski definition) is 2. The number of para-hydroxylation sites is 1. The fraction of sp³-hybridized carbons (Fsp3) is 0.333. The van der Waals surface area contributed by atoms with Crippen molar-refractivity contribution in [3.63, 3.8) is 0 Å². The molecule has 0 aromatic heterocycles. The van der Waals surface area contributed by atoms with Crippen LogP contribution in [-0.4, -0.2) is 13.6 Å². The van der Waals surface area contributed by atoms with E-state index in [2.05, 4.69) is 65.7 Å². The number of nitrogens with one attached hydrogen (secondary N) is 1. The van der Waals surface area contributed by atoms with Gasteiger partial charge in [0.15, 0.2) is 0 Å². The fourth-order valence-corrected chi connectivity index (χ4v) is 3.10. The fourth-order valence-electron chi connectivity index (χ4n) is 3.10. The highest BCUT2D eigenvalue weighted by atomic mass is 15.2. The Morgan fingerprint density at radius 1 is 1.10 bits per heavy atom. The molecule has 0 spiro atoms. The highest BCUT2D eigenvalue weighted by Gasteiger charge is 2.19. The highest BCUT2D eigenvalue weighted by Crippen LogP contribution is 2.34. The van der Waals surface area contributed by atoms with Crippen molar-refractivity contribution in [3.05, 3.63) is 59.7 Å². The summed E-state index contributed by atoms with van der Waals surface area (Å²) in [5.41, 5.74) is 5.48. The largest absolute Gasteiger partial charge is 0.341 e. The Kier molecular flexibility index (Phi) is 3.75. The Hall–Kier alpha value is -1.80. The molecule has 2 aromatic rings. The first kappa shape index (κ1) is 13.2. The molecular formula is C18H22N2. The van der Waals surface area contributed by atoms with Crippen LogP contribution in [0.3, 0.4) is 0 Å². The van der Waals surface area contributed by atoms with E-state index >= 15 is 0 Å². The molecule has 0 aliphatic carbocycles. The van der Waals surface area contributed by atoms with Gasteiger partial charge in [0.2, 0.25) is 0 Å². The number of benzene rings is 2. The van der Waals surface area contributed by atoms with Crippen molar-refractivity contribution in [2.75, 3.05) is 18.5 Å². The first-order chi connectivity index (χ1) is 9.83. The molecule has 1 N–H and O–H groups in total. The molecule has 0 bridgehead atoms. The minimum atomic E-state index is 0.454. The van der Waals surface area contributed by atoms with Crippen LogP contribution in [-0.2, 0) is 6.42 Å². The van der Waals surface area contributed by atoms with Crippen LogP contribution in [0.2, 0.25) is 0 Å². The molecule has 0 amide bonds. The monoisotopic (exact) mass is 266 g/mol. The van der Waals surface area contributed by atoms with Gasteiger partial charge in [-0.25, -0.2) is 0 Å². The van der Waals surface area contributed by atoms with Gasteiger partial charge >= 0.3 is 0 Å². The summed E-state index contributed by atoms with van der Waals surface area (Å²) < 4.78 is 0. The standard InChI is InChI=1S/C18H22N2/c1-3-17(19-2)14-8-10-16(11-9-14)20-13-12-15-6-4-5-7-18(15)20/h4-11,17,19H,3,12-13H2,1-2H3. The second-order valence-electron chi connectivity index (χ2n) is 5.37. The molecule has 1 atom stereocenters. The number of hydrogen-bond donors (Lipinski definition) is 1. The van der Waals surface area contributed by atoms with Crippen LogP contribution in [0.1, 0.15) is 30.5 Å². The third-order valence-electron chi connectivity index (χ3n) is 4.25. The van der Waals surface area contributed by atoms with Crippen molar-refractivity contribution in [2.24, 2.45) is 0 Å². The lowest BCUT2D eigenvalue weighted by molar-refractivity contribution is 0.577. The van der Waals surface area contributed by atoms with Crippen LogP contribution in [0.15, 0.2) is 48.5 Å². The first-order valence-electron chi connectivity index (χ1n) is 7.46. The van der Waals surface area contributed by atoms with Crippen LogP contribution in [0.4, 0.5) is 11.4 Å². The molecule has 1 unspecified atom stereocenters. The smallest absolute Gasteiger partial charge is 0.0444 e. The molecule has 2 aromatic carbocycles. The summed E-state index contributed by atoms with van der Waals surface area (Å²) in [4.78, 5) is 2.42. The van der Waals surface area contributed by atoms with E-state index in [1.165, 1.54) is 22.5 Å². The topological polar surface area (TPSA) is 15.3 Å². The van der Waals surface area contributed by atoms with Crippen LogP contribution < -0.4 is 10.2 Å². The third kappa shape index (κ3) is 2.32. The Balaban J connectivity index is 1.86. The second kappa shape index (κ2) is 5.68. The number of fused-ring (bicyclic) bond motifs is 1. The summed E-state index contributed by atoms with van der Waals surface area (Å²) in [6, 6.07) is 18.2. The van der Waals surface area contributed by atoms with Crippen LogP contribution in [0.5, 0.6) is 0 Å². The van der Waals surface area contributed by atoms with E-state index in [1.807, 2.05) is 7.05 Å². The molecule has 0 saturated carbocycles. The molecule has 0 saturated heterocycles. The predicted octanol–water partition coefficient (Wildman–Crippen LogP) is 4.05. The van der Waals surface area contributed by atoms with Gasteiger partial charge in [0, 0.05) is 24.0 Å². The molecule has 2 nitrogen and oxygen atoms in total. The third-order valence-corrected chi connectivity index (χ3v) is 4.25. The Labute approximate surface area is 121 Å². The van der Waals surface area contributed by atoms with E-state index in [4.69, 9.17) is 0 Å². The molecule has 1 aliphatic rings. The normalized spacial score (nSPS) is 15.2. The van der Waals surface area contributed by atoms with Crippen molar-refractivity contribution in [2.45, 2.75) is 25.8 Å². The zero-order valence-electron chi connectivity index (χ0n) is 12.3. The van der Waals surface area contributed by atoms with Crippen molar-refractivity contribution in [3.8, 4) is 0 Å². The van der Waals surface area contributed by atoms with Crippen molar-refractivity contribution in [1.82, 2.24) is 5.32 Å². The average molecular weight is 266 g/mol. The Morgan fingerprint density at radius 3 is 2.55 bits per heavy atom. The van der Waals surface area contributed by atoms with E-state index in [9.17, 15) is 0 Å². The summed E-state index contributed by atoms with van der Waals surface area (Å²) >= 11 is 0. The van der Waals surface area contributed by atoms with Gasteiger partial charge in [-0.1, -0.05) is 37.3 Å². The molecule has 3 rings (SSSR count). The zero-order valence-corrected chi connectivity index (χ0v) is 12.3. The lowest BCUT2D eigenvalue weighted by Crippen LogP contribution is -2.16. The van der Waals surface area contributed by atoms with Gasteiger partial charge in [-0.3, -0.25) is 0 Å². The summed E-state index contributed by atoms with van der Waals surface area (Å²) in [7, 11) is 2.03.